The van der Waals surface area contributed by atoms with E-state index in [0.717, 1.165) is 25.0 Å². The SMILES string of the molecule is O=c1nc(NC[C@H]2CCCO2)c(SCc2ccc(Cl)cc2Cl)n[nH]1. The predicted molar refractivity (Wildman–Crippen MR) is 96.1 cm³/mol. The van der Waals surface area contributed by atoms with Crippen LogP contribution in [0.15, 0.2) is 28.0 Å². The molecule has 1 aliphatic rings. The van der Waals surface area contributed by atoms with E-state index in [2.05, 4.69) is 20.5 Å². The maximum Gasteiger partial charge on any atom is 0.363 e. The van der Waals surface area contributed by atoms with Crippen LogP contribution in [-0.4, -0.2) is 34.4 Å². The fraction of sp³-hybridized carbons (Fsp3) is 0.400. The molecule has 2 heterocycles. The third-order valence-corrected chi connectivity index (χ3v) is 5.17. The summed E-state index contributed by atoms with van der Waals surface area (Å²) in [4.78, 5) is 15.4. The van der Waals surface area contributed by atoms with Crippen LogP contribution >= 0.6 is 35.0 Å². The molecule has 0 saturated carbocycles. The topological polar surface area (TPSA) is 79.9 Å². The predicted octanol–water partition coefficient (Wildman–Crippen LogP) is 3.35. The van der Waals surface area contributed by atoms with Gasteiger partial charge in [-0.25, -0.2) is 9.89 Å². The van der Waals surface area contributed by atoms with Crippen LogP contribution in [0.1, 0.15) is 18.4 Å². The van der Waals surface area contributed by atoms with Gasteiger partial charge in [0, 0.05) is 28.9 Å². The van der Waals surface area contributed by atoms with Gasteiger partial charge in [0.1, 0.15) is 0 Å². The monoisotopic (exact) mass is 386 g/mol. The highest BCUT2D eigenvalue weighted by Crippen LogP contribution is 2.30. The molecule has 24 heavy (non-hydrogen) atoms. The average molecular weight is 387 g/mol. The second-order valence-corrected chi connectivity index (χ2v) is 7.14. The maximum absolute atomic E-state index is 11.5. The third-order valence-electron chi connectivity index (χ3n) is 3.57. The van der Waals surface area contributed by atoms with Crippen molar-refractivity contribution in [3.05, 3.63) is 44.3 Å². The molecule has 1 saturated heterocycles. The standard InChI is InChI=1S/C15H16Cl2N4O2S/c16-10-4-3-9(12(17)6-10)8-24-14-13(19-15(22)21-20-14)18-7-11-2-1-5-23-11/h3-4,6,11H,1-2,5,7-8H2,(H2,18,19,21,22)/t11-/m1/s1. The second kappa shape index (κ2) is 8.20. The molecular weight excluding hydrogens is 371 g/mol. The second-order valence-electron chi connectivity index (χ2n) is 5.33. The number of nitrogens with one attached hydrogen (secondary N) is 2. The lowest BCUT2D eigenvalue weighted by Crippen LogP contribution is -2.22. The van der Waals surface area contributed by atoms with Crippen molar-refractivity contribution in [2.75, 3.05) is 18.5 Å². The van der Waals surface area contributed by atoms with Gasteiger partial charge in [0.15, 0.2) is 10.8 Å². The molecule has 0 radical (unpaired) electrons. The smallest absolute Gasteiger partial charge is 0.363 e. The van der Waals surface area contributed by atoms with Gasteiger partial charge in [0.05, 0.1) is 6.10 Å². The first-order chi connectivity index (χ1) is 11.6. The Hall–Kier alpha value is -1.28. The van der Waals surface area contributed by atoms with Crippen molar-refractivity contribution in [2.45, 2.75) is 29.7 Å². The summed E-state index contributed by atoms with van der Waals surface area (Å²) in [5.74, 6) is 1.05. The molecular formula is C15H16Cl2N4O2S. The van der Waals surface area contributed by atoms with Gasteiger partial charge in [-0.15, -0.1) is 0 Å². The molecule has 0 spiro atoms. The Bertz CT molecular complexity index is 765. The van der Waals surface area contributed by atoms with Gasteiger partial charge in [-0.2, -0.15) is 10.1 Å². The zero-order chi connectivity index (χ0) is 16.9. The van der Waals surface area contributed by atoms with Crippen molar-refractivity contribution in [3.63, 3.8) is 0 Å². The number of aromatic amines is 1. The van der Waals surface area contributed by atoms with E-state index in [1.165, 1.54) is 11.8 Å². The van der Waals surface area contributed by atoms with Gasteiger partial charge in [0.2, 0.25) is 0 Å². The molecule has 0 amide bonds. The lowest BCUT2D eigenvalue weighted by Gasteiger charge is -2.13. The average Bonchev–Trinajstić information content (AvgIpc) is 3.07. The minimum atomic E-state index is -0.487. The summed E-state index contributed by atoms with van der Waals surface area (Å²) in [6.07, 6.45) is 2.21. The first-order valence-corrected chi connectivity index (χ1v) is 9.25. The summed E-state index contributed by atoms with van der Waals surface area (Å²) in [5.41, 5.74) is 0.447. The molecule has 2 N–H and O–H groups in total. The van der Waals surface area contributed by atoms with Gasteiger partial charge < -0.3 is 10.1 Å². The number of halogens is 2. The first kappa shape index (κ1) is 17.5. The lowest BCUT2D eigenvalue weighted by molar-refractivity contribution is 0.120. The molecule has 1 fully saturated rings. The number of aromatic nitrogens is 3. The van der Waals surface area contributed by atoms with Crippen molar-refractivity contribution >= 4 is 40.8 Å². The van der Waals surface area contributed by atoms with Crippen molar-refractivity contribution in [2.24, 2.45) is 0 Å². The number of thioether (sulfide) groups is 1. The number of hydrogen-bond acceptors (Lipinski definition) is 6. The van der Waals surface area contributed by atoms with Crippen LogP contribution in [0.25, 0.3) is 0 Å². The summed E-state index contributed by atoms with van der Waals surface area (Å²) in [6, 6.07) is 5.36. The number of nitrogens with zero attached hydrogens (tertiary/aromatic N) is 2. The first-order valence-electron chi connectivity index (χ1n) is 7.51. The van der Waals surface area contributed by atoms with Gasteiger partial charge >= 0.3 is 5.69 Å². The number of benzene rings is 1. The molecule has 128 valence electrons. The Morgan fingerprint density at radius 3 is 3.04 bits per heavy atom. The molecule has 2 aromatic rings. The normalized spacial score (nSPS) is 17.2. The van der Waals surface area contributed by atoms with Gasteiger partial charge in [0.25, 0.3) is 0 Å². The molecule has 0 aliphatic carbocycles. The number of anilines is 1. The molecule has 1 atom stereocenters. The van der Waals surface area contributed by atoms with Crippen LogP contribution in [0.2, 0.25) is 10.0 Å². The Balaban J connectivity index is 1.68. The molecule has 6 nitrogen and oxygen atoms in total. The maximum atomic E-state index is 11.5. The van der Waals surface area contributed by atoms with E-state index in [4.69, 9.17) is 27.9 Å². The quantitative estimate of drug-likeness (QED) is 0.740. The zero-order valence-corrected chi connectivity index (χ0v) is 15.0. The van der Waals surface area contributed by atoms with E-state index >= 15 is 0 Å². The largest absolute Gasteiger partial charge is 0.376 e. The Morgan fingerprint density at radius 2 is 2.29 bits per heavy atom. The van der Waals surface area contributed by atoms with Crippen LogP contribution in [0.5, 0.6) is 0 Å². The number of H-pyrrole nitrogens is 1. The molecule has 1 aromatic heterocycles. The molecule has 1 aliphatic heterocycles. The Labute approximate surface area is 153 Å². The lowest BCUT2D eigenvalue weighted by atomic mass is 10.2. The van der Waals surface area contributed by atoms with Crippen molar-refractivity contribution in [1.82, 2.24) is 15.2 Å². The summed E-state index contributed by atoms with van der Waals surface area (Å²) in [5, 5.41) is 11.4. The van der Waals surface area contributed by atoms with Crippen LogP contribution in [0.4, 0.5) is 5.82 Å². The number of ether oxygens (including phenoxy) is 1. The van der Waals surface area contributed by atoms with E-state index < -0.39 is 5.69 Å². The van der Waals surface area contributed by atoms with E-state index in [-0.39, 0.29) is 6.10 Å². The zero-order valence-electron chi connectivity index (χ0n) is 12.7. The van der Waals surface area contributed by atoms with Crippen LogP contribution < -0.4 is 11.0 Å². The van der Waals surface area contributed by atoms with E-state index in [1.807, 2.05) is 6.07 Å². The van der Waals surface area contributed by atoms with E-state index in [9.17, 15) is 4.79 Å². The molecule has 0 unspecified atom stereocenters. The van der Waals surface area contributed by atoms with E-state index in [0.29, 0.717) is 33.2 Å². The highest BCUT2D eigenvalue weighted by Gasteiger charge is 2.17. The summed E-state index contributed by atoms with van der Waals surface area (Å²) in [7, 11) is 0. The van der Waals surface area contributed by atoms with E-state index in [1.54, 1.807) is 12.1 Å². The molecule has 9 heteroatoms. The number of hydrogen-bond donors (Lipinski definition) is 2. The van der Waals surface area contributed by atoms with Gasteiger partial charge in [-0.3, -0.25) is 0 Å². The van der Waals surface area contributed by atoms with Crippen LogP contribution in [0, 0.1) is 0 Å². The minimum absolute atomic E-state index is 0.148. The fourth-order valence-corrected chi connectivity index (χ4v) is 3.81. The molecule has 0 bridgehead atoms. The summed E-state index contributed by atoms with van der Waals surface area (Å²) >= 11 is 13.5. The molecule has 3 rings (SSSR count). The number of rotatable bonds is 6. The van der Waals surface area contributed by atoms with Crippen molar-refractivity contribution in [3.8, 4) is 0 Å². The Kier molecular flexibility index (Phi) is 5.99. The summed E-state index contributed by atoms with van der Waals surface area (Å²) in [6.45, 7) is 1.39. The van der Waals surface area contributed by atoms with Gasteiger partial charge in [-0.05, 0) is 30.5 Å². The van der Waals surface area contributed by atoms with Crippen LogP contribution in [0.3, 0.4) is 0 Å². The Morgan fingerprint density at radius 1 is 1.42 bits per heavy atom. The minimum Gasteiger partial charge on any atom is -0.376 e. The molecule has 1 aromatic carbocycles. The van der Waals surface area contributed by atoms with Crippen molar-refractivity contribution in [1.29, 1.82) is 0 Å². The third kappa shape index (κ3) is 4.63. The fourth-order valence-electron chi connectivity index (χ4n) is 2.34. The highest BCUT2D eigenvalue weighted by molar-refractivity contribution is 7.98. The summed E-state index contributed by atoms with van der Waals surface area (Å²) < 4.78 is 5.57. The van der Waals surface area contributed by atoms with Crippen molar-refractivity contribution < 1.29 is 4.74 Å². The van der Waals surface area contributed by atoms with Gasteiger partial charge in [-0.1, -0.05) is 41.0 Å². The van der Waals surface area contributed by atoms with Crippen LogP contribution in [-0.2, 0) is 10.5 Å². The highest BCUT2D eigenvalue weighted by atomic mass is 35.5.